The summed E-state index contributed by atoms with van der Waals surface area (Å²) in [5.41, 5.74) is -0.248. The lowest BCUT2D eigenvalue weighted by Crippen LogP contribution is -2.42. The monoisotopic (exact) mass is 405 g/mol. The molecule has 0 saturated heterocycles. The Hall–Kier alpha value is -3.30. The number of non-ortho nitro benzene ring substituents is 1. The summed E-state index contributed by atoms with van der Waals surface area (Å²) in [5.74, 6) is -2.86. The first-order chi connectivity index (χ1) is 13.8. The van der Waals surface area contributed by atoms with Crippen molar-refractivity contribution >= 4 is 29.4 Å². The van der Waals surface area contributed by atoms with Crippen molar-refractivity contribution in [2.45, 2.75) is 45.1 Å². The summed E-state index contributed by atoms with van der Waals surface area (Å²) in [7, 11) is 0. The smallest absolute Gasteiger partial charge is 0.328 e. The highest BCUT2D eigenvalue weighted by molar-refractivity contribution is 5.99. The fraction of sp³-hybridized carbons (Fsp3) is 0.474. The van der Waals surface area contributed by atoms with Crippen LogP contribution in [0.3, 0.4) is 0 Å². The molecule has 1 atom stereocenters. The topological polar surface area (TPSA) is 145 Å². The van der Waals surface area contributed by atoms with Crippen LogP contribution in [0.1, 0.15) is 49.4 Å². The number of carbonyl (C=O) groups excluding carboxylic acids is 4. The summed E-state index contributed by atoms with van der Waals surface area (Å²) >= 11 is 0. The molecule has 0 heterocycles. The third kappa shape index (κ3) is 6.66. The van der Waals surface area contributed by atoms with Gasteiger partial charge in [0.05, 0.1) is 4.92 Å². The lowest BCUT2D eigenvalue weighted by molar-refractivity contribution is -0.384. The first-order valence-electron chi connectivity index (χ1n) is 9.33. The minimum Gasteiger partial charge on any atom is -0.454 e. The molecule has 10 heteroatoms. The number of imide groups is 1. The molecule has 0 radical (unpaired) electrons. The second-order valence-electron chi connectivity index (χ2n) is 6.86. The normalized spacial score (nSPS) is 15.1. The maximum atomic E-state index is 12.1. The molecule has 0 aliphatic heterocycles. The number of hydrogen-bond donors (Lipinski definition) is 2. The van der Waals surface area contributed by atoms with Crippen LogP contribution in [0.5, 0.6) is 0 Å². The standard InChI is InChI=1S/C19H23N3O7/c1-12(20-18(25)14-8-5-9-15(10-14)22(27)28)19(26)29-11-16(23)21-17(24)13-6-3-2-4-7-13/h5,8-10,12-13H,2-4,6-7,11H2,1H3,(H,20,25)(H,21,23,24). The third-order valence-electron chi connectivity index (χ3n) is 4.60. The average molecular weight is 405 g/mol. The molecule has 0 aromatic heterocycles. The fourth-order valence-corrected chi connectivity index (χ4v) is 3.00. The second kappa shape index (κ2) is 10.3. The second-order valence-corrected chi connectivity index (χ2v) is 6.86. The van der Waals surface area contributed by atoms with E-state index in [0.29, 0.717) is 0 Å². The fourth-order valence-electron chi connectivity index (χ4n) is 3.00. The summed E-state index contributed by atoms with van der Waals surface area (Å²) in [5, 5.41) is 15.3. The molecule has 0 bridgehead atoms. The van der Waals surface area contributed by atoms with E-state index in [2.05, 4.69) is 10.6 Å². The predicted molar refractivity (Wildman–Crippen MR) is 101 cm³/mol. The van der Waals surface area contributed by atoms with Crippen LogP contribution >= 0.6 is 0 Å². The first kappa shape index (κ1) is 22.0. The number of ether oxygens (including phenoxy) is 1. The number of esters is 1. The number of nitrogens with zero attached hydrogens (tertiary/aromatic N) is 1. The van der Waals surface area contributed by atoms with Crippen molar-refractivity contribution in [3.63, 3.8) is 0 Å². The Bertz CT molecular complexity index is 803. The lowest BCUT2D eigenvalue weighted by Gasteiger charge is -2.20. The van der Waals surface area contributed by atoms with Crippen LogP contribution in [-0.4, -0.2) is 41.3 Å². The Balaban J connectivity index is 1.78. The summed E-state index contributed by atoms with van der Waals surface area (Å²) in [4.78, 5) is 58.0. The van der Waals surface area contributed by atoms with E-state index in [9.17, 15) is 29.3 Å². The van der Waals surface area contributed by atoms with Gasteiger partial charge in [-0.25, -0.2) is 4.79 Å². The molecule has 10 nitrogen and oxygen atoms in total. The SMILES string of the molecule is CC(NC(=O)c1cccc([N+](=O)[O-])c1)C(=O)OCC(=O)NC(=O)C1CCCCC1. The van der Waals surface area contributed by atoms with E-state index in [0.717, 1.165) is 38.2 Å². The molecule has 1 aromatic rings. The number of nitrogens with one attached hydrogen (secondary N) is 2. The highest BCUT2D eigenvalue weighted by Gasteiger charge is 2.24. The van der Waals surface area contributed by atoms with Crippen LogP contribution < -0.4 is 10.6 Å². The molecule has 1 unspecified atom stereocenters. The molecule has 0 spiro atoms. The third-order valence-corrected chi connectivity index (χ3v) is 4.60. The number of rotatable bonds is 7. The molecule has 3 amide bonds. The maximum absolute atomic E-state index is 12.1. The van der Waals surface area contributed by atoms with E-state index in [4.69, 9.17) is 4.74 Å². The van der Waals surface area contributed by atoms with Gasteiger partial charge in [-0.05, 0) is 25.8 Å². The Labute approximate surface area is 167 Å². The maximum Gasteiger partial charge on any atom is 0.328 e. The van der Waals surface area contributed by atoms with Crippen molar-refractivity contribution in [3.05, 3.63) is 39.9 Å². The molecule has 1 aromatic carbocycles. The number of nitro benzene ring substituents is 1. The van der Waals surface area contributed by atoms with Gasteiger partial charge in [0.1, 0.15) is 6.04 Å². The zero-order valence-electron chi connectivity index (χ0n) is 16.0. The van der Waals surface area contributed by atoms with Crippen LogP contribution in [0.4, 0.5) is 5.69 Å². The van der Waals surface area contributed by atoms with Crippen LogP contribution in [0.15, 0.2) is 24.3 Å². The molecule has 2 N–H and O–H groups in total. The van der Waals surface area contributed by atoms with E-state index in [1.165, 1.54) is 25.1 Å². The minimum absolute atomic E-state index is 0.00896. The molecule has 29 heavy (non-hydrogen) atoms. The number of benzene rings is 1. The number of hydrogen-bond acceptors (Lipinski definition) is 7. The highest BCUT2D eigenvalue weighted by atomic mass is 16.6. The van der Waals surface area contributed by atoms with E-state index < -0.39 is 35.4 Å². The van der Waals surface area contributed by atoms with Gasteiger partial charge in [-0.15, -0.1) is 0 Å². The summed E-state index contributed by atoms with van der Waals surface area (Å²) in [6, 6.07) is 3.94. The quantitative estimate of drug-likeness (QED) is 0.397. The van der Waals surface area contributed by atoms with Gasteiger partial charge in [-0.3, -0.25) is 29.8 Å². The number of nitro groups is 1. The number of carbonyl (C=O) groups is 4. The predicted octanol–water partition coefficient (Wildman–Crippen LogP) is 1.48. The van der Waals surface area contributed by atoms with E-state index in [-0.39, 0.29) is 23.1 Å². The van der Waals surface area contributed by atoms with Crippen molar-refractivity contribution in [2.75, 3.05) is 6.61 Å². The summed E-state index contributed by atoms with van der Waals surface area (Å²) in [6.07, 6.45) is 4.45. The molecule has 156 valence electrons. The van der Waals surface area contributed by atoms with E-state index in [1.807, 2.05) is 0 Å². The van der Waals surface area contributed by atoms with Gasteiger partial charge in [0, 0.05) is 23.6 Å². The molecule has 1 aliphatic carbocycles. The molecular weight excluding hydrogens is 382 g/mol. The highest BCUT2D eigenvalue weighted by Crippen LogP contribution is 2.23. The summed E-state index contributed by atoms with van der Waals surface area (Å²) in [6.45, 7) is 0.705. The van der Waals surface area contributed by atoms with Gasteiger partial charge in [-0.2, -0.15) is 0 Å². The zero-order chi connectivity index (χ0) is 21.4. The van der Waals surface area contributed by atoms with Crippen LogP contribution in [0.2, 0.25) is 0 Å². The summed E-state index contributed by atoms with van der Waals surface area (Å²) < 4.78 is 4.83. The Morgan fingerprint density at radius 3 is 2.55 bits per heavy atom. The molecular formula is C19H23N3O7. The van der Waals surface area contributed by atoms with Crippen molar-refractivity contribution < 1.29 is 28.8 Å². The molecule has 1 saturated carbocycles. The van der Waals surface area contributed by atoms with Crippen LogP contribution in [-0.2, 0) is 19.1 Å². The van der Waals surface area contributed by atoms with E-state index >= 15 is 0 Å². The largest absolute Gasteiger partial charge is 0.454 e. The van der Waals surface area contributed by atoms with Gasteiger partial charge in [0.25, 0.3) is 17.5 Å². The Morgan fingerprint density at radius 2 is 1.90 bits per heavy atom. The van der Waals surface area contributed by atoms with Crippen molar-refractivity contribution in [1.29, 1.82) is 0 Å². The Kier molecular flexibility index (Phi) is 7.81. The molecule has 1 aliphatic rings. The minimum atomic E-state index is -1.09. The van der Waals surface area contributed by atoms with Crippen molar-refractivity contribution in [2.24, 2.45) is 5.92 Å². The van der Waals surface area contributed by atoms with Gasteiger partial charge < -0.3 is 10.1 Å². The van der Waals surface area contributed by atoms with Gasteiger partial charge >= 0.3 is 5.97 Å². The van der Waals surface area contributed by atoms with Gasteiger partial charge in [0.15, 0.2) is 6.61 Å². The lowest BCUT2D eigenvalue weighted by atomic mass is 9.89. The molecule has 2 rings (SSSR count). The van der Waals surface area contributed by atoms with Gasteiger partial charge in [-0.1, -0.05) is 25.3 Å². The Morgan fingerprint density at radius 1 is 1.21 bits per heavy atom. The van der Waals surface area contributed by atoms with Crippen molar-refractivity contribution in [3.8, 4) is 0 Å². The van der Waals surface area contributed by atoms with Crippen molar-refractivity contribution in [1.82, 2.24) is 10.6 Å². The first-order valence-corrected chi connectivity index (χ1v) is 9.33. The average Bonchev–Trinajstić information content (AvgIpc) is 2.72. The zero-order valence-corrected chi connectivity index (χ0v) is 16.0. The number of amides is 3. The van der Waals surface area contributed by atoms with E-state index in [1.54, 1.807) is 0 Å². The van der Waals surface area contributed by atoms with Crippen LogP contribution in [0.25, 0.3) is 0 Å². The molecule has 1 fully saturated rings. The van der Waals surface area contributed by atoms with Gasteiger partial charge in [0.2, 0.25) is 5.91 Å². The van der Waals surface area contributed by atoms with Crippen LogP contribution in [0, 0.1) is 16.0 Å².